The van der Waals surface area contributed by atoms with Gasteiger partial charge in [0.05, 0.1) is 6.54 Å². The summed E-state index contributed by atoms with van der Waals surface area (Å²) in [5, 5.41) is 4.44. The van der Waals surface area contributed by atoms with E-state index in [1.165, 1.54) is 11.3 Å². The number of aliphatic imine (C=N–C) groups is 1. The normalized spacial score (nSPS) is 20.3. The smallest absolute Gasteiger partial charge is 0.108 e. The van der Waals surface area contributed by atoms with Gasteiger partial charge in [0.15, 0.2) is 0 Å². The highest BCUT2D eigenvalue weighted by molar-refractivity contribution is 6.32. The number of hydrogen-bond donors (Lipinski definition) is 1. The third-order valence-electron chi connectivity index (χ3n) is 5.43. The Morgan fingerprint density at radius 1 is 1.12 bits per heavy atom. The molecule has 130 valence electrons. The third kappa shape index (κ3) is 3.19. The van der Waals surface area contributed by atoms with Crippen molar-refractivity contribution in [2.75, 3.05) is 18.5 Å². The number of amidine groups is 1. The van der Waals surface area contributed by atoms with E-state index < -0.39 is 0 Å². The van der Waals surface area contributed by atoms with Crippen LogP contribution in [-0.4, -0.2) is 19.0 Å². The molecule has 4 heteroatoms. The van der Waals surface area contributed by atoms with Crippen LogP contribution in [0.2, 0.25) is 5.02 Å². The average Bonchev–Trinajstić information content (AvgIpc) is 2.64. The number of para-hydroxylation sites is 1. The van der Waals surface area contributed by atoms with Crippen molar-refractivity contribution in [1.82, 2.24) is 0 Å². The maximum Gasteiger partial charge on any atom is 0.108 e. The van der Waals surface area contributed by atoms with E-state index >= 15 is 0 Å². The average molecular weight is 355 g/mol. The van der Waals surface area contributed by atoms with E-state index in [0.717, 1.165) is 54.5 Å². The van der Waals surface area contributed by atoms with Crippen molar-refractivity contribution >= 4 is 23.1 Å². The molecule has 1 spiro atoms. The van der Waals surface area contributed by atoms with Crippen molar-refractivity contribution in [3.63, 3.8) is 0 Å². The molecule has 2 heterocycles. The molecule has 0 unspecified atom stereocenters. The van der Waals surface area contributed by atoms with Gasteiger partial charge in [0.25, 0.3) is 0 Å². The van der Waals surface area contributed by atoms with Crippen molar-refractivity contribution < 1.29 is 4.74 Å². The number of benzene rings is 2. The predicted molar refractivity (Wildman–Crippen MR) is 104 cm³/mol. The molecule has 3 nitrogen and oxygen atoms in total. The maximum absolute atomic E-state index is 6.46. The van der Waals surface area contributed by atoms with Gasteiger partial charge in [0.2, 0.25) is 0 Å². The number of anilines is 1. The number of rotatable bonds is 2. The van der Waals surface area contributed by atoms with Crippen LogP contribution in [-0.2, 0) is 17.7 Å². The molecule has 0 saturated carbocycles. The first-order valence-corrected chi connectivity index (χ1v) is 9.27. The van der Waals surface area contributed by atoms with Crippen LogP contribution in [0.3, 0.4) is 0 Å². The number of nitrogens with zero attached hydrogens (tertiary/aromatic N) is 1. The van der Waals surface area contributed by atoms with Crippen LogP contribution in [0, 0.1) is 12.3 Å². The van der Waals surface area contributed by atoms with E-state index in [1.807, 2.05) is 19.1 Å². The molecule has 0 atom stereocenters. The number of aryl methyl sites for hydroxylation is 1. The van der Waals surface area contributed by atoms with Crippen LogP contribution in [0.15, 0.2) is 47.5 Å². The van der Waals surface area contributed by atoms with Gasteiger partial charge in [-0.15, -0.1) is 0 Å². The van der Waals surface area contributed by atoms with Crippen LogP contribution in [0.25, 0.3) is 0 Å². The van der Waals surface area contributed by atoms with Crippen molar-refractivity contribution in [2.24, 2.45) is 10.4 Å². The zero-order valence-corrected chi connectivity index (χ0v) is 15.3. The molecule has 0 bridgehead atoms. The van der Waals surface area contributed by atoms with E-state index in [4.69, 9.17) is 21.3 Å². The largest absolute Gasteiger partial charge is 0.381 e. The fourth-order valence-corrected chi connectivity index (χ4v) is 4.07. The highest BCUT2D eigenvalue weighted by Crippen LogP contribution is 2.41. The molecule has 1 fully saturated rings. The lowest BCUT2D eigenvalue weighted by Gasteiger charge is -2.42. The van der Waals surface area contributed by atoms with Crippen molar-refractivity contribution in [2.45, 2.75) is 32.7 Å². The van der Waals surface area contributed by atoms with Gasteiger partial charge in [-0.05, 0) is 48.9 Å². The molecule has 2 aromatic carbocycles. The SMILES string of the molecule is Cc1cccc(CN=C2Nc3ccccc3CC23CCOCC3)c1Cl. The van der Waals surface area contributed by atoms with Gasteiger partial charge in [-0.3, -0.25) is 4.99 Å². The highest BCUT2D eigenvalue weighted by atomic mass is 35.5. The van der Waals surface area contributed by atoms with E-state index in [0.29, 0.717) is 6.54 Å². The minimum atomic E-state index is 0.0584. The summed E-state index contributed by atoms with van der Waals surface area (Å²) in [6.45, 7) is 4.24. The standard InChI is InChI=1S/C21H23ClN2O/c1-15-5-4-7-17(19(15)22)14-23-20-21(9-11-25-12-10-21)13-16-6-2-3-8-18(16)24-20/h2-8H,9-14H2,1H3,(H,23,24). The van der Waals surface area contributed by atoms with Gasteiger partial charge in [-0.1, -0.05) is 48.0 Å². The molecule has 4 rings (SSSR count). The Morgan fingerprint density at radius 3 is 2.76 bits per heavy atom. The van der Waals surface area contributed by atoms with Gasteiger partial charge in [0, 0.05) is 29.3 Å². The summed E-state index contributed by atoms with van der Waals surface area (Å²) in [6.07, 6.45) is 3.04. The molecule has 2 aromatic rings. The molecule has 0 aliphatic carbocycles. The molecule has 1 N–H and O–H groups in total. The Balaban J connectivity index is 1.68. The summed E-state index contributed by atoms with van der Waals surface area (Å²) in [7, 11) is 0. The van der Waals surface area contributed by atoms with E-state index in [2.05, 4.69) is 35.6 Å². The first-order chi connectivity index (χ1) is 12.2. The second-order valence-electron chi connectivity index (χ2n) is 7.06. The molecule has 2 aliphatic rings. The summed E-state index contributed by atoms with van der Waals surface area (Å²) < 4.78 is 5.63. The van der Waals surface area contributed by atoms with Gasteiger partial charge in [0.1, 0.15) is 5.84 Å². The van der Waals surface area contributed by atoms with Crippen molar-refractivity contribution in [1.29, 1.82) is 0 Å². The summed E-state index contributed by atoms with van der Waals surface area (Å²) in [5.41, 5.74) is 4.79. The van der Waals surface area contributed by atoms with E-state index in [-0.39, 0.29) is 5.41 Å². The minimum Gasteiger partial charge on any atom is -0.381 e. The fraction of sp³-hybridized carbons (Fsp3) is 0.381. The first-order valence-electron chi connectivity index (χ1n) is 8.90. The Kier molecular flexibility index (Phi) is 4.53. The van der Waals surface area contributed by atoms with Crippen molar-refractivity contribution in [3.8, 4) is 0 Å². The molecular formula is C21H23ClN2O. The summed E-state index contributed by atoms with van der Waals surface area (Å²) in [4.78, 5) is 5.00. The van der Waals surface area contributed by atoms with E-state index in [9.17, 15) is 0 Å². The van der Waals surface area contributed by atoms with Gasteiger partial charge in [-0.2, -0.15) is 0 Å². The number of ether oxygens (including phenoxy) is 1. The Bertz CT molecular complexity index is 809. The minimum absolute atomic E-state index is 0.0584. The Labute approximate surface area is 154 Å². The molecule has 0 radical (unpaired) electrons. The molecule has 2 aliphatic heterocycles. The predicted octanol–water partition coefficient (Wildman–Crippen LogP) is 5.01. The monoisotopic (exact) mass is 354 g/mol. The molecule has 25 heavy (non-hydrogen) atoms. The fourth-order valence-electron chi connectivity index (χ4n) is 3.88. The summed E-state index contributed by atoms with van der Waals surface area (Å²) in [6, 6.07) is 14.7. The molecular weight excluding hydrogens is 332 g/mol. The molecule has 0 aromatic heterocycles. The highest BCUT2D eigenvalue weighted by Gasteiger charge is 2.41. The molecule has 1 saturated heterocycles. The topological polar surface area (TPSA) is 33.6 Å². The lowest BCUT2D eigenvalue weighted by Crippen LogP contribution is -2.45. The van der Waals surface area contributed by atoms with E-state index in [1.54, 1.807) is 0 Å². The quantitative estimate of drug-likeness (QED) is 0.822. The lowest BCUT2D eigenvalue weighted by atomic mass is 9.71. The summed E-state index contributed by atoms with van der Waals surface area (Å²) >= 11 is 6.46. The Morgan fingerprint density at radius 2 is 1.92 bits per heavy atom. The maximum atomic E-state index is 6.46. The van der Waals surface area contributed by atoms with Crippen LogP contribution in [0.5, 0.6) is 0 Å². The zero-order valence-electron chi connectivity index (χ0n) is 14.5. The van der Waals surface area contributed by atoms with Crippen LogP contribution in [0.4, 0.5) is 5.69 Å². The second kappa shape index (κ2) is 6.81. The number of nitrogens with one attached hydrogen (secondary N) is 1. The van der Waals surface area contributed by atoms with Crippen molar-refractivity contribution in [3.05, 3.63) is 64.2 Å². The lowest BCUT2D eigenvalue weighted by molar-refractivity contribution is 0.0448. The second-order valence-corrected chi connectivity index (χ2v) is 7.44. The van der Waals surface area contributed by atoms with Crippen LogP contribution < -0.4 is 5.32 Å². The van der Waals surface area contributed by atoms with Gasteiger partial charge < -0.3 is 10.1 Å². The molecule has 0 amide bonds. The number of fused-ring (bicyclic) bond motifs is 1. The van der Waals surface area contributed by atoms with Gasteiger partial charge >= 0.3 is 0 Å². The summed E-state index contributed by atoms with van der Waals surface area (Å²) in [5.74, 6) is 1.09. The first kappa shape index (κ1) is 16.6. The Hall–Kier alpha value is -1.84. The zero-order chi connectivity index (χ0) is 17.3. The van der Waals surface area contributed by atoms with Gasteiger partial charge in [-0.25, -0.2) is 0 Å². The van der Waals surface area contributed by atoms with Crippen LogP contribution in [0.1, 0.15) is 29.5 Å². The number of halogens is 1. The number of hydrogen-bond acceptors (Lipinski definition) is 2. The van der Waals surface area contributed by atoms with Crippen LogP contribution >= 0.6 is 11.6 Å². The third-order valence-corrected chi connectivity index (χ3v) is 5.97.